The summed E-state index contributed by atoms with van der Waals surface area (Å²) in [7, 11) is -3.58. The van der Waals surface area contributed by atoms with E-state index < -0.39 is 15.8 Å². The molecule has 1 rings (SSSR count). The zero-order chi connectivity index (χ0) is 13.2. The molecule has 1 aromatic rings. The number of nitrogens with zero attached hydrogens (tertiary/aromatic N) is 1. The molecule has 0 saturated carbocycles. The Morgan fingerprint density at radius 2 is 2.00 bits per heavy atom. The van der Waals surface area contributed by atoms with Crippen molar-refractivity contribution in [2.24, 2.45) is 0 Å². The van der Waals surface area contributed by atoms with E-state index in [1.54, 1.807) is 20.8 Å². The second-order valence-electron chi connectivity index (χ2n) is 3.88. The first-order chi connectivity index (χ1) is 7.80. The molecule has 3 nitrogen and oxygen atoms in total. The molecule has 0 aliphatic heterocycles. The molecule has 0 amide bonds. The van der Waals surface area contributed by atoms with Crippen LogP contribution in [0.2, 0.25) is 0 Å². The van der Waals surface area contributed by atoms with E-state index in [9.17, 15) is 12.8 Å². The highest BCUT2D eigenvalue weighted by Gasteiger charge is 2.27. The molecule has 0 aliphatic carbocycles. The first-order valence-corrected chi connectivity index (χ1v) is 7.51. The molecular weight excluding hydrogens is 309 g/mol. The van der Waals surface area contributed by atoms with Gasteiger partial charge in [0.25, 0.3) is 0 Å². The van der Waals surface area contributed by atoms with Gasteiger partial charge in [-0.1, -0.05) is 6.92 Å². The Bertz CT molecular complexity index is 502. The van der Waals surface area contributed by atoms with Crippen LogP contribution in [0.4, 0.5) is 4.39 Å². The van der Waals surface area contributed by atoms with Gasteiger partial charge in [0.15, 0.2) is 0 Å². The fourth-order valence-electron chi connectivity index (χ4n) is 1.62. The van der Waals surface area contributed by atoms with E-state index in [2.05, 4.69) is 15.9 Å². The maximum atomic E-state index is 12.9. The Balaban J connectivity index is 3.30. The molecule has 0 fully saturated rings. The summed E-state index contributed by atoms with van der Waals surface area (Å²) in [5.74, 6) is -0.469. The highest BCUT2D eigenvalue weighted by Crippen LogP contribution is 2.26. The third-order valence-corrected chi connectivity index (χ3v) is 5.50. The zero-order valence-corrected chi connectivity index (χ0v) is 12.3. The molecular formula is C11H15BrFNO2S. The summed E-state index contributed by atoms with van der Waals surface area (Å²) in [5.41, 5.74) is 0. The van der Waals surface area contributed by atoms with Crippen molar-refractivity contribution in [1.29, 1.82) is 0 Å². The van der Waals surface area contributed by atoms with Crippen LogP contribution < -0.4 is 0 Å². The van der Waals surface area contributed by atoms with Crippen LogP contribution in [0.25, 0.3) is 0 Å². The van der Waals surface area contributed by atoms with E-state index in [4.69, 9.17) is 0 Å². The van der Waals surface area contributed by atoms with Crippen molar-refractivity contribution in [3.63, 3.8) is 0 Å². The maximum Gasteiger partial charge on any atom is 0.244 e. The Labute approximate surface area is 110 Å². The Hall–Kier alpha value is -0.460. The summed E-state index contributed by atoms with van der Waals surface area (Å²) < 4.78 is 39.2. The third kappa shape index (κ3) is 3.05. The van der Waals surface area contributed by atoms with Gasteiger partial charge >= 0.3 is 0 Å². The average Bonchev–Trinajstić information content (AvgIpc) is 2.16. The Morgan fingerprint density at radius 3 is 2.41 bits per heavy atom. The molecule has 0 spiro atoms. The molecule has 6 heteroatoms. The largest absolute Gasteiger partial charge is 0.244 e. The molecule has 0 bridgehead atoms. The summed E-state index contributed by atoms with van der Waals surface area (Å²) in [6, 6.07) is 3.44. The third-order valence-electron chi connectivity index (χ3n) is 2.37. The molecule has 0 unspecified atom stereocenters. The van der Waals surface area contributed by atoms with Gasteiger partial charge in [-0.25, -0.2) is 12.8 Å². The van der Waals surface area contributed by atoms with E-state index in [0.29, 0.717) is 6.54 Å². The molecule has 0 saturated heterocycles. The molecule has 17 heavy (non-hydrogen) atoms. The normalized spacial score (nSPS) is 12.4. The van der Waals surface area contributed by atoms with Crippen LogP contribution in [-0.4, -0.2) is 25.3 Å². The number of hydrogen-bond donors (Lipinski definition) is 0. The predicted octanol–water partition coefficient (Wildman–Crippen LogP) is 3.01. The summed E-state index contributed by atoms with van der Waals surface area (Å²) in [5, 5.41) is 0. The minimum atomic E-state index is -3.58. The smallest absolute Gasteiger partial charge is 0.207 e. The lowest BCUT2D eigenvalue weighted by Crippen LogP contribution is -2.36. The average molecular weight is 324 g/mol. The minimum Gasteiger partial charge on any atom is -0.207 e. The second-order valence-corrected chi connectivity index (χ2v) is 6.59. The second kappa shape index (κ2) is 5.46. The van der Waals surface area contributed by atoms with Crippen molar-refractivity contribution in [2.45, 2.75) is 31.7 Å². The summed E-state index contributed by atoms with van der Waals surface area (Å²) >= 11 is 3.08. The molecule has 0 radical (unpaired) electrons. The molecule has 0 N–H and O–H groups in total. The van der Waals surface area contributed by atoms with Crippen LogP contribution in [0, 0.1) is 5.82 Å². The van der Waals surface area contributed by atoms with Crippen molar-refractivity contribution in [2.75, 3.05) is 6.54 Å². The van der Waals surface area contributed by atoms with Crippen molar-refractivity contribution >= 4 is 26.0 Å². The van der Waals surface area contributed by atoms with Crippen molar-refractivity contribution in [3.8, 4) is 0 Å². The van der Waals surface area contributed by atoms with Crippen LogP contribution in [0.5, 0.6) is 0 Å². The van der Waals surface area contributed by atoms with Crippen LogP contribution in [0.1, 0.15) is 20.8 Å². The number of benzene rings is 1. The Kier molecular flexibility index (Phi) is 4.69. The van der Waals surface area contributed by atoms with E-state index in [-0.39, 0.29) is 15.4 Å². The molecule has 0 aliphatic rings. The Morgan fingerprint density at radius 1 is 1.41 bits per heavy atom. The standard InChI is InChI=1S/C11H15BrFNO2S/c1-4-14(8(2)3)17(15,16)11-6-5-9(13)7-10(11)12/h5-8H,4H2,1-3H3. The van der Waals surface area contributed by atoms with Crippen molar-refractivity contribution < 1.29 is 12.8 Å². The molecule has 1 aromatic carbocycles. The fourth-order valence-corrected chi connectivity index (χ4v) is 4.28. The first-order valence-electron chi connectivity index (χ1n) is 5.27. The molecule has 0 aromatic heterocycles. The first kappa shape index (κ1) is 14.6. The lowest BCUT2D eigenvalue weighted by molar-refractivity contribution is 0.369. The van der Waals surface area contributed by atoms with Gasteiger partial charge < -0.3 is 0 Å². The van der Waals surface area contributed by atoms with Gasteiger partial charge in [0.1, 0.15) is 5.82 Å². The van der Waals surface area contributed by atoms with Gasteiger partial charge in [0, 0.05) is 17.1 Å². The summed E-state index contributed by atoms with van der Waals surface area (Å²) in [4.78, 5) is 0.0921. The van der Waals surface area contributed by atoms with Crippen molar-refractivity contribution in [1.82, 2.24) is 4.31 Å². The van der Waals surface area contributed by atoms with E-state index in [1.165, 1.54) is 10.4 Å². The van der Waals surface area contributed by atoms with Crippen LogP contribution >= 0.6 is 15.9 Å². The lowest BCUT2D eigenvalue weighted by atomic mass is 10.3. The SMILES string of the molecule is CCN(C(C)C)S(=O)(=O)c1ccc(F)cc1Br. The van der Waals surface area contributed by atoms with Gasteiger partial charge in [-0.2, -0.15) is 4.31 Å². The lowest BCUT2D eigenvalue weighted by Gasteiger charge is -2.24. The quantitative estimate of drug-likeness (QED) is 0.854. The minimum absolute atomic E-state index is 0.0921. The van der Waals surface area contributed by atoms with Crippen LogP contribution in [-0.2, 0) is 10.0 Å². The highest BCUT2D eigenvalue weighted by molar-refractivity contribution is 9.10. The topological polar surface area (TPSA) is 37.4 Å². The predicted molar refractivity (Wildman–Crippen MR) is 68.8 cm³/mol. The molecule has 0 atom stereocenters. The van der Waals surface area contributed by atoms with Crippen LogP contribution in [0.3, 0.4) is 0 Å². The van der Waals surface area contributed by atoms with E-state index >= 15 is 0 Å². The van der Waals surface area contributed by atoms with Gasteiger partial charge in [-0.15, -0.1) is 0 Å². The molecule has 0 heterocycles. The fraction of sp³-hybridized carbons (Fsp3) is 0.455. The molecule has 96 valence electrons. The summed E-state index contributed by atoms with van der Waals surface area (Å²) in [6.07, 6.45) is 0. The van der Waals surface area contributed by atoms with E-state index in [0.717, 1.165) is 12.1 Å². The van der Waals surface area contributed by atoms with Gasteiger partial charge in [-0.05, 0) is 48.0 Å². The van der Waals surface area contributed by atoms with Gasteiger partial charge in [-0.3, -0.25) is 0 Å². The number of halogens is 2. The van der Waals surface area contributed by atoms with E-state index in [1.807, 2.05) is 0 Å². The summed E-state index contributed by atoms with van der Waals surface area (Å²) in [6.45, 7) is 5.76. The van der Waals surface area contributed by atoms with Gasteiger partial charge in [0.05, 0.1) is 4.90 Å². The highest BCUT2D eigenvalue weighted by atomic mass is 79.9. The monoisotopic (exact) mass is 323 g/mol. The number of hydrogen-bond acceptors (Lipinski definition) is 2. The number of sulfonamides is 1. The maximum absolute atomic E-state index is 12.9. The van der Waals surface area contributed by atoms with Gasteiger partial charge in [0.2, 0.25) is 10.0 Å². The number of rotatable bonds is 4. The van der Waals surface area contributed by atoms with Crippen molar-refractivity contribution in [3.05, 3.63) is 28.5 Å². The zero-order valence-electron chi connectivity index (χ0n) is 9.94. The van der Waals surface area contributed by atoms with Crippen LogP contribution in [0.15, 0.2) is 27.6 Å².